The average molecular weight is 251 g/mol. The van der Waals surface area contributed by atoms with Gasteiger partial charge in [-0.15, -0.1) is 12.4 Å². The zero-order chi connectivity index (χ0) is 11.3. The second-order valence-corrected chi connectivity index (χ2v) is 4.53. The van der Waals surface area contributed by atoms with Gasteiger partial charge in [-0.25, -0.2) is 4.79 Å². The summed E-state index contributed by atoms with van der Waals surface area (Å²) in [6.45, 7) is 7.08. The SMILES string of the molecule is COC(=O)N1CCC(NCC(C)C)CC1.Cl. The number of ether oxygens (including phenoxy) is 1. The second-order valence-electron chi connectivity index (χ2n) is 4.53. The summed E-state index contributed by atoms with van der Waals surface area (Å²) in [4.78, 5) is 13.0. The molecule has 1 saturated heterocycles. The quantitative estimate of drug-likeness (QED) is 0.832. The van der Waals surface area contributed by atoms with Gasteiger partial charge in [-0.05, 0) is 25.3 Å². The normalized spacial score (nSPS) is 17.1. The summed E-state index contributed by atoms with van der Waals surface area (Å²) in [5, 5.41) is 3.52. The Bertz CT molecular complexity index is 204. The van der Waals surface area contributed by atoms with Crippen LogP contribution >= 0.6 is 12.4 Å². The molecular formula is C11H23ClN2O2. The standard InChI is InChI=1S/C11H22N2O2.ClH/c1-9(2)8-12-10-4-6-13(7-5-10)11(14)15-3;/h9-10,12H,4-8H2,1-3H3;1H. The molecular weight excluding hydrogens is 228 g/mol. The third kappa shape index (κ3) is 5.03. The minimum Gasteiger partial charge on any atom is -0.453 e. The van der Waals surface area contributed by atoms with Crippen LogP contribution in [0.5, 0.6) is 0 Å². The van der Waals surface area contributed by atoms with Crippen molar-refractivity contribution in [3.63, 3.8) is 0 Å². The summed E-state index contributed by atoms with van der Waals surface area (Å²) in [6.07, 6.45) is 1.86. The Morgan fingerprint density at radius 2 is 2.00 bits per heavy atom. The zero-order valence-corrected chi connectivity index (χ0v) is 11.2. The van der Waals surface area contributed by atoms with Crippen LogP contribution in [0.15, 0.2) is 0 Å². The van der Waals surface area contributed by atoms with E-state index in [-0.39, 0.29) is 18.5 Å². The van der Waals surface area contributed by atoms with Crippen LogP contribution in [0.2, 0.25) is 0 Å². The fourth-order valence-electron chi connectivity index (χ4n) is 1.80. The zero-order valence-electron chi connectivity index (χ0n) is 10.4. The van der Waals surface area contributed by atoms with Crippen LogP contribution in [0, 0.1) is 5.92 Å². The molecule has 1 aliphatic rings. The van der Waals surface area contributed by atoms with Crippen molar-refractivity contribution in [1.82, 2.24) is 10.2 Å². The van der Waals surface area contributed by atoms with E-state index in [1.165, 1.54) is 7.11 Å². The van der Waals surface area contributed by atoms with Crippen molar-refractivity contribution in [2.75, 3.05) is 26.7 Å². The molecule has 5 heteroatoms. The lowest BCUT2D eigenvalue weighted by Gasteiger charge is -2.31. The number of carbonyl (C=O) groups excluding carboxylic acids is 1. The van der Waals surface area contributed by atoms with E-state index in [1.54, 1.807) is 4.90 Å². The molecule has 0 aromatic carbocycles. The second kappa shape index (κ2) is 7.74. The van der Waals surface area contributed by atoms with Crippen molar-refractivity contribution in [3.05, 3.63) is 0 Å². The number of amides is 1. The van der Waals surface area contributed by atoms with Crippen LogP contribution in [0.1, 0.15) is 26.7 Å². The van der Waals surface area contributed by atoms with E-state index in [2.05, 4.69) is 23.9 Å². The number of hydrogen-bond donors (Lipinski definition) is 1. The highest BCUT2D eigenvalue weighted by molar-refractivity contribution is 5.85. The molecule has 96 valence electrons. The smallest absolute Gasteiger partial charge is 0.409 e. The van der Waals surface area contributed by atoms with Crippen molar-refractivity contribution in [3.8, 4) is 0 Å². The highest BCUT2D eigenvalue weighted by atomic mass is 35.5. The average Bonchev–Trinajstić information content (AvgIpc) is 2.26. The number of methoxy groups -OCH3 is 1. The van der Waals surface area contributed by atoms with Crippen molar-refractivity contribution in [2.24, 2.45) is 5.92 Å². The Kier molecular flexibility index (Phi) is 7.51. The molecule has 0 unspecified atom stereocenters. The molecule has 0 bridgehead atoms. The third-order valence-electron chi connectivity index (χ3n) is 2.74. The highest BCUT2D eigenvalue weighted by Crippen LogP contribution is 2.11. The van der Waals surface area contributed by atoms with E-state index < -0.39 is 0 Å². The van der Waals surface area contributed by atoms with Crippen LogP contribution in [0.3, 0.4) is 0 Å². The Balaban J connectivity index is 0.00000225. The molecule has 0 atom stereocenters. The molecule has 4 nitrogen and oxygen atoms in total. The summed E-state index contributed by atoms with van der Waals surface area (Å²) in [5.74, 6) is 0.684. The van der Waals surface area contributed by atoms with Crippen LogP contribution in [0.25, 0.3) is 0 Å². The number of rotatable bonds is 3. The van der Waals surface area contributed by atoms with Gasteiger partial charge in [0.15, 0.2) is 0 Å². The topological polar surface area (TPSA) is 41.6 Å². The number of nitrogens with one attached hydrogen (secondary N) is 1. The monoisotopic (exact) mass is 250 g/mol. The van der Waals surface area contributed by atoms with Gasteiger partial charge >= 0.3 is 6.09 Å². The van der Waals surface area contributed by atoms with Crippen LogP contribution in [-0.2, 0) is 4.74 Å². The Labute approximate surface area is 104 Å². The van der Waals surface area contributed by atoms with Crippen LogP contribution in [-0.4, -0.2) is 43.8 Å². The van der Waals surface area contributed by atoms with Gasteiger partial charge in [-0.3, -0.25) is 0 Å². The van der Waals surface area contributed by atoms with Gasteiger partial charge in [0.1, 0.15) is 0 Å². The molecule has 0 aromatic rings. The van der Waals surface area contributed by atoms with Gasteiger partial charge in [0, 0.05) is 19.1 Å². The fourth-order valence-corrected chi connectivity index (χ4v) is 1.80. The molecule has 0 aliphatic carbocycles. The molecule has 1 heterocycles. The van der Waals surface area contributed by atoms with Gasteiger partial charge in [-0.2, -0.15) is 0 Å². The number of carbonyl (C=O) groups is 1. The number of halogens is 1. The summed E-state index contributed by atoms with van der Waals surface area (Å²) < 4.78 is 4.69. The minimum absolute atomic E-state index is 0. The number of hydrogen-bond acceptors (Lipinski definition) is 3. The van der Waals surface area contributed by atoms with Gasteiger partial charge in [0.25, 0.3) is 0 Å². The molecule has 1 N–H and O–H groups in total. The molecule has 1 aliphatic heterocycles. The Morgan fingerprint density at radius 3 is 2.44 bits per heavy atom. The van der Waals surface area contributed by atoms with Crippen molar-refractivity contribution < 1.29 is 9.53 Å². The number of nitrogens with zero attached hydrogens (tertiary/aromatic N) is 1. The van der Waals surface area contributed by atoms with Gasteiger partial charge < -0.3 is 15.0 Å². The van der Waals surface area contributed by atoms with Crippen molar-refractivity contribution in [2.45, 2.75) is 32.7 Å². The first-order valence-corrected chi connectivity index (χ1v) is 5.69. The Morgan fingerprint density at radius 1 is 1.44 bits per heavy atom. The summed E-state index contributed by atoms with van der Waals surface area (Å²) in [7, 11) is 1.44. The first-order chi connectivity index (χ1) is 7.13. The third-order valence-corrected chi connectivity index (χ3v) is 2.74. The minimum atomic E-state index is -0.197. The van der Waals surface area contributed by atoms with E-state index in [4.69, 9.17) is 0 Å². The van der Waals surface area contributed by atoms with Crippen LogP contribution < -0.4 is 5.32 Å². The maximum atomic E-state index is 11.2. The molecule has 0 saturated carbocycles. The number of likely N-dealkylation sites (tertiary alicyclic amines) is 1. The molecule has 0 spiro atoms. The van der Waals surface area contributed by atoms with Gasteiger partial charge in [0.2, 0.25) is 0 Å². The van der Waals surface area contributed by atoms with Crippen molar-refractivity contribution >= 4 is 18.5 Å². The molecule has 1 rings (SSSR count). The Hall–Kier alpha value is -0.480. The predicted molar refractivity (Wildman–Crippen MR) is 67.1 cm³/mol. The van der Waals surface area contributed by atoms with Crippen molar-refractivity contribution in [1.29, 1.82) is 0 Å². The first kappa shape index (κ1) is 15.5. The fraction of sp³-hybridized carbons (Fsp3) is 0.909. The van der Waals surface area contributed by atoms with E-state index in [0.717, 1.165) is 32.5 Å². The van der Waals surface area contributed by atoms with Gasteiger partial charge in [0.05, 0.1) is 7.11 Å². The van der Waals surface area contributed by atoms with Gasteiger partial charge in [-0.1, -0.05) is 13.8 Å². The largest absolute Gasteiger partial charge is 0.453 e. The lowest BCUT2D eigenvalue weighted by atomic mass is 10.0. The highest BCUT2D eigenvalue weighted by Gasteiger charge is 2.22. The lowest BCUT2D eigenvalue weighted by Crippen LogP contribution is -2.45. The van der Waals surface area contributed by atoms with E-state index in [9.17, 15) is 4.79 Å². The first-order valence-electron chi connectivity index (χ1n) is 5.69. The molecule has 1 amide bonds. The maximum Gasteiger partial charge on any atom is 0.409 e. The maximum absolute atomic E-state index is 11.2. The summed E-state index contributed by atoms with van der Waals surface area (Å²) in [5.41, 5.74) is 0. The predicted octanol–water partition coefficient (Wildman–Crippen LogP) is 1.88. The van der Waals surface area contributed by atoms with E-state index >= 15 is 0 Å². The molecule has 1 fully saturated rings. The summed E-state index contributed by atoms with van der Waals surface area (Å²) in [6, 6.07) is 0.563. The summed E-state index contributed by atoms with van der Waals surface area (Å²) >= 11 is 0. The molecule has 0 aromatic heterocycles. The molecule has 0 radical (unpaired) electrons. The lowest BCUT2D eigenvalue weighted by molar-refractivity contribution is 0.109. The van der Waals surface area contributed by atoms with E-state index in [1.807, 2.05) is 0 Å². The van der Waals surface area contributed by atoms with Crippen LogP contribution in [0.4, 0.5) is 4.79 Å². The molecule has 16 heavy (non-hydrogen) atoms. The number of piperidine rings is 1. The van der Waals surface area contributed by atoms with E-state index in [0.29, 0.717) is 12.0 Å².